The molecule has 0 saturated heterocycles. The standard InChI is InChI=1S/C14H15BrN2S/c1-8-13(10-6-12(16)7-10)18-14(17-8)9-3-2-4-11(15)5-9/h2-5,10,12H,6-7,16H2,1H3. The van der Waals surface area contributed by atoms with Crippen LogP contribution in [-0.2, 0) is 0 Å². The monoisotopic (exact) mass is 322 g/mol. The maximum atomic E-state index is 5.87. The number of hydrogen-bond acceptors (Lipinski definition) is 3. The lowest BCUT2D eigenvalue weighted by Gasteiger charge is -2.31. The molecule has 1 heterocycles. The molecular formula is C14H15BrN2S. The highest BCUT2D eigenvalue weighted by atomic mass is 79.9. The number of aryl methyl sites for hydroxylation is 1. The average Bonchev–Trinajstić information content (AvgIpc) is 2.67. The first-order valence-electron chi connectivity index (χ1n) is 6.12. The van der Waals surface area contributed by atoms with Gasteiger partial charge in [0.1, 0.15) is 5.01 Å². The van der Waals surface area contributed by atoms with Gasteiger partial charge in [0.05, 0.1) is 5.69 Å². The van der Waals surface area contributed by atoms with Gasteiger partial charge in [-0.3, -0.25) is 0 Å². The molecule has 0 radical (unpaired) electrons. The van der Waals surface area contributed by atoms with Crippen LogP contribution in [0.1, 0.15) is 29.3 Å². The Morgan fingerprint density at radius 2 is 2.17 bits per heavy atom. The highest BCUT2D eigenvalue weighted by Crippen LogP contribution is 2.42. The zero-order valence-corrected chi connectivity index (χ0v) is 12.6. The minimum Gasteiger partial charge on any atom is -0.328 e. The van der Waals surface area contributed by atoms with Gasteiger partial charge in [0, 0.05) is 21.0 Å². The van der Waals surface area contributed by atoms with Gasteiger partial charge in [-0.2, -0.15) is 0 Å². The van der Waals surface area contributed by atoms with E-state index in [2.05, 4.69) is 41.1 Å². The topological polar surface area (TPSA) is 38.9 Å². The fourth-order valence-corrected chi connectivity index (χ4v) is 4.00. The van der Waals surface area contributed by atoms with Gasteiger partial charge in [-0.05, 0) is 37.8 Å². The lowest BCUT2D eigenvalue weighted by atomic mass is 9.79. The normalized spacial score (nSPS) is 22.8. The molecule has 94 valence electrons. The van der Waals surface area contributed by atoms with Crippen LogP contribution < -0.4 is 5.73 Å². The lowest BCUT2D eigenvalue weighted by Crippen LogP contribution is -2.34. The SMILES string of the molecule is Cc1nc(-c2cccc(Br)c2)sc1C1CC(N)C1. The van der Waals surface area contributed by atoms with Gasteiger partial charge < -0.3 is 5.73 Å². The van der Waals surface area contributed by atoms with Crippen LogP contribution >= 0.6 is 27.3 Å². The Labute approximate surface area is 119 Å². The molecular weight excluding hydrogens is 308 g/mol. The minimum atomic E-state index is 0.394. The maximum Gasteiger partial charge on any atom is 0.123 e. The molecule has 1 saturated carbocycles. The molecule has 0 unspecified atom stereocenters. The van der Waals surface area contributed by atoms with Crippen LogP contribution in [0.4, 0.5) is 0 Å². The van der Waals surface area contributed by atoms with Gasteiger partial charge in [-0.25, -0.2) is 4.98 Å². The molecule has 1 aromatic carbocycles. The van der Waals surface area contributed by atoms with Crippen LogP contribution in [0.2, 0.25) is 0 Å². The van der Waals surface area contributed by atoms with Crippen molar-refractivity contribution >= 4 is 27.3 Å². The minimum absolute atomic E-state index is 0.394. The van der Waals surface area contributed by atoms with E-state index in [9.17, 15) is 0 Å². The first kappa shape index (κ1) is 12.3. The molecule has 1 aromatic heterocycles. The number of halogens is 1. The Bertz CT molecular complexity index is 573. The summed E-state index contributed by atoms with van der Waals surface area (Å²) in [5.41, 5.74) is 8.23. The van der Waals surface area contributed by atoms with Crippen molar-refractivity contribution in [1.29, 1.82) is 0 Å². The Morgan fingerprint density at radius 3 is 2.83 bits per heavy atom. The number of nitrogens with two attached hydrogens (primary N) is 1. The summed E-state index contributed by atoms with van der Waals surface area (Å²) in [5, 5.41) is 1.12. The van der Waals surface area contributed by atoms with Crippen LogP contribution in [-0.4, -0.2) is 11.0 Å². The van der Waals surface area contributed by atoms with E-state index < -0.39 is 0 Å². The number of aromatic nitrogens is 1. The van der Waals surface area contributed by atoms with E-state index in [0.29, 0.717) is 12.0 Å². The molecule has 0 atom stereocenters. The van der Waals surface area contributed by atoms with Crippen molar-refractivity contribution in [1.82, 2.24) is 4.98 Å². The third-order valence-electron chi connectivity index (χ3n) is 3.45. The van der Waals surface area contributed by atoms with E-state index in [1.54, 1.807) is 0 Å². The zero-order chi connectivity index (χ0) is 12.7. The molecule has 1 fully saturated rings. The third kappa shape index (κ3) is 2.25. The second kappa shape index (κ2) is 4.76. The molecule has 1 aliphatic carbocycles. The van der Waals surface area contributed by atoms with Crippen molar-refractivity contribution in [2.45, 2.75) is 31.7 Å². The Balaban J connectivity index is 1.92. The maximum absolute atomic E-state index is 5.87. The Morgan fingerprint density at radius 1 is 1.39 bits per heavy atom. The van der Waals surface area contributed by atoms with Crippen molar-refractivity contribution in [3.63, 3.8) is 0 Å². The van der Waals surface area contributed by atoms with E-state index >= 15 is 0 Å². The van der Waals surface area contributed by atoms with Gasteiger partial charge in [0.2, 0.25) is 0 Å². The van der Waals surface area contributed by atoms with Gasteiger partial charge >= 0.3 is 0 Å². The van der Waals surface area contributed by atoms with Crippen molar-refractivity contribution in [3.05, 3.63) is 39.3 Å². The fraction of sp³-hybridized carbons (Fsp3) is 0.357. The van der Waals surface area contributed by atoms with Crippen LogP contribution in [0.25, 0.3) is 10.6 Å². The second-order valence-corrected chi connectivity index (χ2v) is 6.85. The summed E-state index contributed by atoms with van der Waals surface area (Å²) in [6.07, 6.45) is 2.22. The van der Waals surface area contributed by atoms with Crippen molar-refractivity contribution in [2.75, 3.05) is 0 Å². The molecule has 18 heavy (non-hydrogen) atoms. The number of rotatable bonds is 2. The van der Waals surface area contributed by atoms with E-state index in [0.717, 1.165) is 22.3 Å². The summed E-state index contributed by atoms with van der Waals surface area (Å²) in [6, 6.07) is 8.71. The van der Waals surface area contributed by atoms with Crippen LogP contribution in [0, 0.1) is 6.92 Å². The zero-order valence-electron chi connectivity index (χ0n) is 10.2. The Hall–Kier alpha value is -0.710. The molecule has 4 heteroatoms. The second-order valence-electron chi connectivity index (χ2n) is 4.91. The van der Waals surface area contributed by atoms with E-state index in [-0.39, 0.29) is 0 Å². The van der Waals surface area contributed by atoms with Crippen LogP contribution in [0.3, 0.4) is 0 Å². The summed E-state index contributed by atoms with van der Waals surface area (Å²) < 4.78 is 1.10. The van der Waals surface area contributed by atoms with Crippen molar-refractivity contribution in [3.8, 4) is 10.6 Å². The molecule has 1 aliphatic rings. The van der Waals surface area contributed by atoms with E-state index in [4.69, 9.17) is 10.7 Å². The summed E-state index contributed by atoms with van der Waals surface area (Å²) in [7, 11) is 0. The smallest absolute Gasteiger partial charge is 0.123 e. The molecule has 2 N–H and O–H groups in total. The first-order valence-corrected chi connectivity index (χ1v) is 7.73. The van der Waals surface area contributed by atoms with E-state index in [1.165, 1.54) is 16.1 Å². The molecule has 3 rings (SSSR count). The van der Waals surface area contributed by atoms with E-state index in [1.807, 2.05) is 17.4 Å². The summed E-state index contributed by atoms with van der Waals surface area (Å²) in [5.74, 6) is 0.637. The molecule has 0 bridgehead atoms. The predicted molar refractivity (Wildman–Crippen MR) is 79.9 cm³/mol. The van der Waals surface area contributed by atoms with Gasteiger partial charge in [-0.15, -0.1) is 11.3 Å². The highest BCUT2D eigenvalue weighted by Gasteiger charge is 2.30. The molecule has 2 aromatic rings. The average molecular weight is 323 g/mol. The summed E-state index contributed by atoms with van der Waals surface area (Å²) >= 11 is 5.33. The Kier molecular flexibility index (Phi) is 3.26. The van der Waals surface area contributed by atoms with Crippen molar-refractivity contribution < 1.29 is 0 Å². The van der Waals surface area contributed by atoms with Crippen LogP contribution in [0.15, 0.2) is 28.7 Å². The molecule has 0 aliphatic heterocycles. The highest BCUT2D eigenvalue weighted by molar-refractivity contribution is 9.10. The van der Waals surface area contributed by atoms with Gasteiger partial charge in [0.25, 0.3) is 0 Å². The number of nitrogens with zero attached hydrogens (tertiary/aromatic N) is 1. The summed E-state index contributed by atoms with van der Waals surface area (Å²) in [6.45, 7) is 2.11. The number of benzene rings is 1. The molecule has 0 amide bonds. The number of hydrogen-bond donors (Lipinski definition) is 1. The largest absolute Gasteiger partial charge is 0.328 e. The number of thiazole rings is 1. The van der Waals surface area contributed by atoms with Crippen LogP contribution in [0.5, 0.6) is 0 Å². The van der Waals surface area contributed by atoms with Crippen molar-refractivity contribution in [2.24, 2.45) is 5.73 Å². The fourth-order valence-electron chi connectivity index (χ4n) is 2.41. The summed E-state index contributed by atoms with van der Waals surface area (Å²) in [4.78, 5) is 6.13. The molecule has 2 nitrogen and oxygen atoms in total. The predicted octanol–water partition coefficient (Wildman–Crippen LogP) is 4.09. The molecule has 0 spiro atoms. The quantitative estimate of drug-likeness (QED) is 0.904. The van der Waals surface area contributed by atoms with Gasteiger partial charge in [-0.1, -0.05) is 28.1 Å². The first-order chi connectivity index (χ1) is 8.63. The lowest BCUT2D eigenvalue weighted by molar-refractivity contribution is 0.354. The third-order valence-corrected chi connectivity index (χ3v) is 5.31. The van der Waals surface area contributed by atoms with Gasteiger partial charge in [0.15, 0.2) is 0 Å².